The fourth-order valence-corrected chi connectivity index (χ4v) is 2.93. The van der Waals surface area contributed by atoms with Gasteiger partial charge in [-0.1, -0.05) is 6.07 Å². The van der Waals surface area contributed by atoms with Gasteiger partial charge in [0.05, 0.1) is 12.7 Å². The fourth-order valence-electron chi connectivity index (χ4n) is 1.79. The molecule has 1 unspecified atom stereocenters. The van der Waals surface area contributed by atoms with Crippen molar-refractivity contribution >= 4 is 11.8 Å². The van der Waals surface area contributed by atoms with E-state index in [1.54, 1.807) is 17.8 Å². The number of benzene rings is 1. The Bertz CT molecular complexity index is 351. The van der Waals surface area contributed by atoms with Gasteiger partial charge < -0.3 is 9.84 Å². The van der Waals surface area contributed by atoms with Crippen molar-refractivity contribution in [3.63, 3.8) is 0 Å². The zero-order valence-electron chi connectivity index (χ0n) is 8.99. The first kappa shape index (κ1) is 11.9. The number of thioether (sulfide) groups is 1. The van der Waals surface area contributed by atoms with E-state index < -0.39 is 0 Å². The van der Waals surface area contributed by atoms with Crippen LogP contribution in [0.1, 0.15) is 18.4 Å². The van der Waals surface area contributed by atoms with Crippen molar-refractivity contribution in [2.45, 2.75) is 30.4 Å². The summed E-state index contributed by atoms with van der Waals surface area (Å²) in [6, 6.07) is 4.89. The van der Waals surface area contributed by atoms with E-state index in [9.17, 15) is 4.39 Å². The van der Waals surface area contributed by atoms with Crippen LogP contribution in [0.4, 0.5) is 4.39 Å². The molecule has 1 aromatic carbocycles. The minimum Gasteiger partial charge on any atom is -0.392 e. The van der Waals surface area contributed by atoms with Crippen molar-refractivity contribution in [3.05, 3.63) is 29.6 Å². The highest BCUT2D eigenvalue weighted by Crippen LogP contribution is 2.28. The van der Waals surface area contributed by atoms with Gasteiger partial charge >= 0.3 is 0 Å². The molecule has 0 radical (unpaired) electrons. The summed E-state index contributed by atoms with van der Waals surface area (Å²) < 4.78 is 18.8. The second-order valence-corrected chi connectivity index (χ2v) is 4.88. The molecule has 1 fully saturated rings. The van der Waals surface area contributed by atoms with Gasteiger partial charge in [0.15, 0.2) is 0 Å². The summed E-state index contributed by atoms with van der Waals surface area (Å²) in [6.45, 7) is 0.585. The molecule has 2 nitrogen and oxygen atoms in total. The molecule has 1 heterocycles. The molecular weight excluding hydrogens is 227 g/mol. The molecule has 2 rings (SSSR count). The third-order valence-corrected chi connectivity index (χ3v) is 3.91. The predicted octanol–water partition coefficient (Wildman–Crippen LogP) is 2.59. The Balaban J connectivity index is 2.00. The maximum Gasteiger partial charge on any atom is 0.129 e. The topological polar surface area (TPSA) is 29.5 Å². The second-order valence-electron chi connectivity index (χ2n) is 3.82. The summed E-state index contributed by atoms with van der Waals surface area (Å²) in [6.07, 6.45) is 2.47. The first-order valence-electron chi connectivity index (χ1n) is 5.44. The average molecular weight is 242 g/mol. The molecule has 16 heavy (non-hydrogen) atoms. The third kappa shape index (κ3) is 2.75. The minimum atomic E-state index is -0.333. The molecule has 0 bridgehead atoms. The zero-order chi connectivity index (χ0) is 11.4. The van der Waals surface area contributed by atoms with Crippen LogP contribution in [0.2, 0.25) is 0 Å². The van der Waals surface area contributed by atoms with E-state index in [1.165, 1.54) is 6.07 Å². The average Bonchev–Trinajstić information content (AvgIpc) is 2.79. The Morgan fingerprint density at radius 1 is 1.50 bits per heavy atom. The Labute approximate surface area is 98.8 Å². The van der Waals surface area contributed by atoms with E-state index in [1.807, 2.05) is 6.07 Å². The summed E-state index contributed by atoms with van der Waals surface area (Å²) >= 11 is 1.56. The highest BCUT2D eigenvalue weighted by Gasteiger charge is 2.16. The van der Waals surface area contributed by atoms with Crippen molar-refractivity contribution < 1.29 is 14.2 Å². The van der Waals surface area contributed by atoms with Crippen LogP contribution in [-0.4, -0.2) is 23.6 Å². The lowest BCUT2D eigenvalue weighted by Gasteiger charge is -2.11. The van der Waals surface area contributed by atoms with Crippen LogP contribution in [0.5, 0.6) is 0 Å². The van der Waals surface area contributed by atoms with Gasteiger partial charge in [0, 0.05) is 22.8 Å². The van der Waals surface area contributed by atoms with Crippen LogP contribution in [0.3, 0.4) is 0 Å². The molecule has 0 aliphatic carbocycles. The van der Waals surface area contributed by atoms with Crippen LogP contribution in [0, 0.1) is 5.82 Å². The molecule has 1 saturated heterocycles. The summed E-state index contributed by atoms with van der Waals surface area (Å²) in [5.74, 6) is 0.496. The lowest BCUT2D eigenvalue weighted by molar-refractivity contribution is 0.129. The molecule has 1 aliphatic rings. The van der Waals surface area contributed by atoms with E-state index in [0.29, 0.717) is 5.56 Å². The van der Waals surface area contributed by atoms with Crippen LogP contribution < -0.4 is 0 Å². The van der Waals surface area contributed by atoms with Crippen LogP contribution in [0.15, 0.2) is 23.1 Å². The van der Waals surface area contributed by atoms with Gasteiger partial charge in [-0.2, -0.15) is 0 Å². The van der Waals surface area contributed by atoms with Crippen LogP contribution >= 0.6 is 11.8 Å². The number of halogens is 1. The van der Waals surface area contributed by atoms with Crippen molar-refractivity contribution in [1.82, 2.24) is 0 Å². The molecule has 4 heteroatoms. The fraction of sp³-hybridized carbons (Fsp3) is 0.500. The maximum absolute atomic E-state index is 13.3. The van der Waals surface area contributed by atoms with Crippen LogP contribution in [-0.2, 0) is 11.3 Å². The van der Waals surface area contributed by atoms with Crippen LogP contribution in [0.25, 0.3) is 0 Å². The highest BCUT2D eigenvalue weighted by atomic mass is 32.2. The Morgan fingerprint density at radius 3 is 3.06 bits per heavy atom. The monoisotopic (exact) mass is 242 g/mol. The molecule has 1 atom stereocenters. The SMILES string of the molecule is OCc1c(F)cccc1SCC1CCCO1. The molecule has 1 aliphatic heterocycles. The Hall–Kier alpha value is -0.580. The molecule has 1 aromatic rings. The Morgan fingerprint density at radius 2 is 2.38 bits per heavy atom. The summed E-state index contributed by atoms with van der Waals surface area (Å²) in [7, 11) is 0. The zero-order valence-corrected chi connectivity index (χ0v) is 9.80. The standard InChI is InChI=1S/C12H15FO2S/c13-11-4-1-5-12(10(11)7-14)16-8-9-3-2-6-15-9/h1,4-5,9,14H,2-3,6-8H2. The lowest BCUT2D eigenvalue weighted by Crippen LogP contribution is -2.08. The molecule has 0 aromatic heterocycles. The molecule has 1 N–H and O–H groups in total. The first-order chi connectivity index (χ1) is 7.81. The number of aliphatic hydroxyl groups excluding tert-OH is 1. The number of ether oxygens (including phenoxy) is 1. The number of hydrogen-bond acceptors (Lipinski definition) is 3. The number of hydrogen-bond donors (Lipinski definition) is 1. The smallest absolute Gasteiger partial charge is 0.129 e. The van der Waals surface area contributed by atoms with Crippen molar-refractivity contribution in [2.75, 3.05) is 12.4 Å². The summed E-state index contributed by atoms with van der Waals surface area (Å²) in [5, 5.41) is 9.11. The van der Waals surface area contributed by atoms with Gasteiger partial charge in [-0.05, 0) is 25.0 Å². The van der Waals surface area contributed by atoms with Gasteiger partial charge in [-0.3, -0.25) is 0 Å². The van der Waals surface area contributed by atoms with E-state index in [-0.39, 0.29) is 18.5 Å². The molecular formula is C12H15FO2S. The van der Waals surface area contributed by atoms with E-state index in [4.69, 9.17) is 9.84 Å². The third-order valence-electron chi connectivity index (χ3n) is 2.68. The van der Waals surface area contributed by atoms with Crippen molar-refractivity contribution in [3.8, 4) is 0 Å². The largest absolute Gasteiger partial charge is 0.392 e. The molecule has 88 valence electrons. The number of rotatable bonds is 4. The first-order valence-corrected chi connectivity index (χ1v) is 6.42. The lowest BCUT2D eigenvalue weighted by atomic mass is 10.2. The minimum absolute atomic E-state index is 0.249. The number of aliphatic hydroxyl groups is 1. The highest BCUT2D eigenvalue weighted by molar-refractivity contribution is 7.99. The normalized spacial score (nSPS) is 20.2. The second kappa shape index (κ2) is 5.66. The van der Waals surface area contributed by atoms with Gasteiger partial charge in [-0.15, -0.1) is 11.8 Å². The summed E-state index contributed by atoms with van der Waals surface area (Å²) in [5.41, 5.74) is 0.394. The van der Waals surface area contributed by atoms with E-state index in [0.717, 1.165) is 30.1 Å². The van der Waals surface area contributed by atoms with Crippen molar-refractivity contribution in [2.24, 2.45) is 0 Å². The van der Waals surface area contributed by atoms with Crippen molar-refractivity contribution in [1.29, 1.82) is 0 Å². The van der Waals surface area contributed by atoms with Gasteiger partial charge in [0.2, 0.25) is 0 Å². The molecule has 0 spiro atoms. The van der Waals surface area contributed by atoms with E-state index in [2.05, 4.69) is 0 Å². The molecule has 0 saturated carbocycles. The maximum atomic E-state index is 13.3. The molecule has 0 amide bonds. The Kier molecular flexibility index (Phi) is 4.21. The summed E-state index contributed by atoms with van der Waals surface area (Å²) in [4.78, 5) is 0.818. The quantitative estimate of drug-likeness (QED) is 0.823. The van der Waals surface area contributed by atoms with Gasteiger partial charge in [0.25, 0.3) is 0 Å². The predicted molar refractivity (Wildman–Crippen MR) is 62.0 cm³/mol. The van der Waals surface area contributed by atoms with E-state index >= 15 is 0 Å². The van der Waals surface area contributed by atoms with Gasteiger partial charge in [-0.25, -0.2) is 4.39 Å². The van der Waals surface area contributed by atoms with Gasteiger partial charge in [0.1, 0.15) is 5.82 Å².